The van der Waals surface area contributed by atoms with Gasteiger partial charge >= 0.3 is 5.97 Å². The molecule has 3 spiro atoms. The molecule has 272 valence electrons. The second-order valence-corrected chi connectivity index (χ2v) is 18.9. The number of hydrogen-bond donors (Lipinski definition) is 5. The molecule has 3 saturated heterocycles. The van der Waals surface area contributed by atoms with Gasteiger partial charge in [-0.3, -0.25) is 4.79 Å². The van der Waals surface area contributed by atoms with E-state index in [2.05, 4.69) is 34.6 Å². The monoisotopic (exact) mass is 678 g/mol. The normalized spacial score (nSPS) is 59.4. The van der Waals surface area contributed by atoms with Gasteiger partial charge in [-0.2, -0.15) is 0 Å². The van der Waals surface area contributed by atoms with Crippen molar-refractivity contribution in [1.29, 1.82) is 0 Å². The Kier molecular flexibility index (Phi) is 7.24. The third-order valence-electron chi connectivity index (χ3n) is 16.3. The van der Waals surface area contributed by atoms with Crippen molar-refractivity contribution in [2.75, 3.05) is 6.61 Å². The second-order valence-electron chi connectivity index (χ2n) is 18.9. The van der Waals surface area contributed by atoms with E-state index < -0.39 is 65.1 Å². The van der Waals surface area contributed by atoms with Gasteiger partial charge in [0.25, 0.3) is 0 Å². The summed E-state index contributed by atoms with van der Waals surface area (Å²) in [6.07, 6.45) is -1.69. The van der Waals surface area contributed by atoms with Gasteiger partial charge in [0.2, 0.25) is 0 Å². The lowest BCUT2D eigenvalue weighted by molar-refractivity contribution is -0.304. The lowest BCUT2D eigenvalue weighted by atomic mass is 9.40. The van der Waals surface area contributed by atoms with Crippen LogP contribution in [0.1, 0.15) is 100 Å². The molecule has 5 aliphatic carbocycles. The quantitative estimate of drug-likeness (QED) is 0.219. The van der Waals surface area contributed by atoms with E-state index in [4.69, 9.17) is 23.7 Å². The van der Waals surface area contributed by atoms with Crippen molar-refractivity contribution in [3.05, 3.63) is 0 Å². The highest BCUT2D eigenvalue weighted by atomic mass is 16.8. The maximum atomic E-state index is 12.8. The molecule has 0 aromatic carbocycles. The van der Waals surface area contributed by atoms with Gasteiger partial charge in [0.05, 0.1) is 24.9 Å². The molecule has 0 aromatic heterocycles. The van der Waals surface area contributed by atoms with E-state index in [0.717, 1.165) is 32.1 Å². The van der Waals surface area contributed by atoms with Gasteiger partial charge in [0.1, 0.15) is 36.1 Å². The van der Waals surface area contributed by atoms with Crippen LogP contribution in [0.5, 0.6) is 0 Å². The number of rotatable bonds is 4. The molecule has 8 fully saturated rings. The fraction of sp³-hybridized carbons (Fsp3) is 0.973. The standard InChI is InChI=1S/C37H58O11/c1-17-13-20-28(32(5,6)46-18(2)38)48-37(47-20)27(17)34(8)23(40)14-36-16-35(36)12-11-24(45-29-26(42)25(41)19(39)15-44-29)31(3,4)21(35)9-10-22(36)33(34,7)30(37)43/h17,19-30,39-43H,9-16H2,1-8H3/t17-,19+,20-,21+,22+,23-,24+,25+,26-,27-,28+,29+,30-,33-,34-,35-,36+,37+/m1/s1. The zero-order chi connectivity index (χ0) is 34.8. The Bertz CT molecular complexity index is 1350. The molecule has 0 amide bonds. The molecule has 0 radical (unpaired) electrons. The lowest BCUT2D eigenvalue weighted by Gasteiger charge is -2.65. The van der Waals surface area contributed by atoms with Crippen molar-refractivity contribution in [3.8, 4) is 0 Å². The number of aliphatic hydroxyl groups excluding tert-OH is 5. The Morgan fingerprint density at radius 1 is 0.896 bits per heavy atom. The molecule has 11 heteroatoms. The van der Waals surface area contributed by atoms with Gasteiger partial charge in [0.15, 0.2) is 12.1 Å². The maximum absolute atomic E-state index is 12.8. The third kappa shape index (κ3) is 3.84. The fourth-order valence-corrected chi connectivity index (χ4v) is 14.4. The summed E-state index contributed by atoms with van der Waals surface area (Å²) in [6, 6.07) is 0. The number of carbonyl (C=O) groups excluding carboxylic acids is 1. The van der Waals surface area contributed by atoms with Crippen molar-refractivity contribution in [3.63, 3.8) is 0 Å². The van der Waals surface area contributed by atoms with Crippen molar-refractivity contribution in [2.24, 2.45) is 50.7 Å². The topological polar surface area (TPSA) is 164 Å². The molecule has 0 aromatic rings. The van der Waals surface area contributed by atoms with Crippen molar-refractivity contribution in [1.82, 2.24) is 0 Å². The largest absolute Gasteiger partial charge is 0.457 e. The Labute approximate surface area is 284 Å². The number of carbonyl (C=O) groups is 1. The van der Waals surface area contributed by atoms with Crippen LogP contribution in [0.2, 0.25) is 0 Å². The molecule has 2 bridgehead atoms. The van der Waals surface area contributed by atoms with Crippen LogP contribution in [0.15, 0.2) is 0 Å². The van der Waals surface area contributed by atoms with Gasteiger partial charge in [-0.1, -0.05) is 34.6 Å². The van der Waals surface area contributed by atoms with Gasteiger partial charge in [-0.05, 0) is 92.8 Å². The fourth-order valence-electron chi connectivity index (χ4n) is 14.4. The molecule has 5 saturated carbocycles. The van der Waals surface area contributed by atoms with E-state index in [1.165, 1.54) is 6.92 Å². The zero-order valence-corrected chi connectivity index (χ0v) is 29.8. The maximum Gasteiger partial charge on any atom is 0.303 e. The summed E-state index contributed by atoms with van der Waals surface area (Å²) in [5, 5.41) is 56.2. The SMILES string of the molecule is CC(=O)OC(C)(C)[C@H]1O[C@@]23O[C@@H]1C[C@@H](C)[C@@H]2[C@@]1(C)[C@H](O)C[C@@]24C[C@@]25CC[C@H](O[C@@H]2OC[C@H](O)[C@H](O)[C@H]2O)C(C)(C)[C@@H]5CC[C@H]4[C@]1(C)[C@H]3O. The van der Waals surface area contributed by atoms with E-state index in [9.17, 15) is 30.3 Å². The average Bonchev–Trinajstić information content (AvgIpc) is 3.48. The van der Waals surface area contributed by atoms with Crippen LogP contribution in [0.4, 0.5) is 0 Å². The predicted molar refractivity (Wildman–Crippen MR) is 170 cm³/mol. The molecule has 5 N–H and O–H groups in total. The summed E-state index contributed by atoms with van der Waals surface area (Å²) in [5.41, 5.74) is -2.75. The van der Waals surface area contributed by atoms with Crippen molar-refractivity contribution in [2.45, 2.75) is 167 Å². The summed E-state index contributed by atoms with van der Waals surface area (Å²) in [4.78, 5) is 12.1. The lowest BCUT2D eigenvalue weighted by Crippen LogP contribution is -2.64. The van der Waals surface area contributed by atoms with Crippen LogP contribution < -0.4 is 0 Å². The average molecular weight is 679 g/mol. The van der Waals surface area contributed by atoms with Gasteiger partial charge in [-0.15, -0.1) is 0 Å². The van der Waals surface area contributed by atoms with E-state index >= 15 is 0 Å². The highest BCUT2D eigenvalue weighted by Gasteiger charge is 2.90. The Morgan fingerprint density at radius 2 is 1.58 bits per heavy atom. The molecule has 8 rings (SSSR count). The van der Waals surface area contributed by atoms with E-state index in [-0.39, 0.29) is 58.8 Å². The van der Waals surface area contributed by atoms with Crippen LogP contribution in [0.25, 0.3) is 0 Å². The Balaban J connectivity index is 1.11. The van der Waals surface area contributed by atoms with Crippen LogP contribution in [-0.4, -0.2) is 105 Å². The van der Waals surface area contributed by atoms with Crippen LogP contribution in [-0.2, 0) is 28.5 Å². The van der Waals surface area contributed by atoms with E-state index in [1.54, 1.807) is 0 Å². The molecular weight excluding hydrogens is 620 g/mol. The second kappa shape index (κ2) is 10.2. The summed E-state index contributed by atoms with van der Waals surface area (Å²) >= 11 is 0. The highest BCUT2D eigenvalue weighted by Crippen LogP contribution is 2.90. The molecule has 3 aliphatic heterocycles. The molecular formula is C37H58O11. The number of ether oxygens (including phenoxy) is 5. The first kappa shape index (κ1) is 34.2. The van der Waals surface area contributed by atoms with Crippen molar-refractivity contribution < 1.29 is 54.0 Å². The first-order chi connectivity index (χ1) is 22.2. The molecule has 48 heavy (non-hydrogen) atoms. The van der Waals surface area contributed by atoms with E-state index in [0.29, 0.717) is 18.8 Å². The summed E-state index contributed by atoms with van der Waals surface area (Å²) in [5.74, 6) is -1.37. The third-order valence-corrected chi connectivity index (χ3v) is 16.3. The van der Waals surface area contributed by atoms with Crippen LogP contribution >= 0.6 is 0 Å². The summed E-state index contributed by atoms with van der Waals surface area (Å²) in [6.45, 7) is 16.1. The highest BCUT2D eigenvalue weighted by molar-refractivity contribution is 5.66. The summed E-state index contributed by atoms with van der Waals surface area (Å²) in [7, 11) is 0. The predicted octanol–water partition coefficient (Wildman–Crippen LogP) is 2.66. The number of esters is 1. The van der Waals surface area contributed by atoms with Crippen LogP contribution in [0.3, 0.4) is 0 Å². The minimum absolute atomic E-state index is 0.0110. The molecule has 3 heterocycles. The Hall–Kier alpha value is -0.890. The van der Waals surface area contributed by atoms with Gasteiger partial charge < -0.3 is 49.2 Å². The number of aliphatic hydroxyl groups is 5. The van der Waals surface area contributed by atoms with Crippen LogP contribution in [0, 0.1) is 50.7 Å². The number of fused-ring (bicyclic) bond motifs is 4. The first-order valence-corrected chi connectivity index (χ1v) is 18.5. The molecule has 18 atom stereocenters. The minimum atomic E-state index is -1.33. The molecule has 8 aliphatic rings. The summed E-state index contributed by atoms with van der Waals surface area (Å²) < 4.78 is 31.7. The Morgan fingerprint density at radius 3 is 2.27 bits per heavy atom. The van der Waals surface area contributed by atoms with Gasteiger partial charge in [0, 0.05) is 23.7 Å². The van der Waals surface area contributed by atoms with Crippen molar-refractivity contribution >= 4 is 5.97 Å². The van der Waals surface area contributed by atoms with Gasteiger partial charge in [-0.25, -0.2) is 0 Å². The first-order valence-electron chi connectivity index (χ1n) is 18.5. The minimum Gasteiger partial charge on any atom is -0.457 e. The number of hydrogen-bond acceptors (Lipinski definition) is 11. The van der Waals surface area contributed by atoms with E-state index in [1.807, 2.05) is 13.8 Å². The molecule has 0 unspecified atom stereocenters. The zero-order valence-electron chi connectivity index (χ0n) is 29.8. The smallest absolute Gasteiger partial charge is 0.303 e. The molecule has 11 nitrogen and oxygen atoms in total.